The third-order valence-electron chi connectivity index (χ3n) is 5.61. The Morgan fingerprint density at radius 3 is 1.84 bits per heavy atom. The molecule has 0 N–H and O–H groups in total. The van der Waals surface area contributed by atoms with E-state index in [4.69, 9.17) is 4.74 Å². The van der Waals surface area contributed by atoms with Crippen molar-refractivity contribution in [2.24, 2.45) is 0 Å². The van der Waals surface area contributed by atoms with Crippen LogP contribution in [0.1, 0.15) is 75.6 Å². The molecule has 1 aliphatic rings. The van der Waals surface area contributed by atoms with Crippen LogP contribution >= 0.6 is 27.7 Å². The zero-order chi connectivity index (χ0) is 23.1. The highest BCUT2D eigenvalue weighted by Crippen LogP contribution is 2.28. The third kappa shape index (κ3) is 6.95. The van der Waals surface area contributed by atoms with Crippen LogP contribution in [0, 0.1) is 27.7 Å². The second-order valence-corrected chi connectivity index (χ2v) is 9.65. The average molecular weight is 506 g/mol. The molecule has 168 valence electrons. The van der Waals surface area contributed by atoms with E-state index in [1.807, 2.05) is 46.1 Å². The standard InChI is InChI=1S/C15H20O2.C11H13BrOS/c1-10-8-14(17-13-6-4-5-7-13)9-11(2)15(10)12(3)16;1-7-4-9(14-3)5-8(2)11(7)10(13)6-12/h8-9,13H,4-7H2,1-3H3;4-5H,6H2,1-3H3. The molecule has 0 aliphatic heterocycles. The molecule has 0 saturated heterocycles. The number of ketones is 2. The Hall–Kier alpha value is -1.59. The lowest BCUT2D eigenvalue weighted by molar-refractivity contribution is 0.101. The molecule has 0 amide bonds. The predicted octanol–water partition coefficient (Wildman–Crippen LogP) is 7.43. The number of hydrogen-bond donors (Lipinski definition) is 0. The Bertz CT molecular complexity index is 900. The molecule has 0 aromatic heterocycles. The fourth-order valence-corrected chi connectivity index (χ4v) is 5.16. The van der Waals surface area contributed by atoms with Crippen LogP contribution in [0.4, 0.5) is 0 Å². The van der Waals surface area contributed by atoms with Gasteiger partial charge in [-0.1, -0.05) is 15.9 Å². The van der Waals surface area contributed by atoms with Crippen LogP contribution < -0.4 is 4.74 Å². The lowest BCUT2D eigenvalue weighted by atomic mass is 9.99. The lowest BCUT2D eigenvalue weighted by Gasteiger charge is -2.16. The van der Waals surface area contributed by atoms with Gasteiger partial charge < -0.3 is 4.74 Å². The van der Waals surface area contributed by atoms with Gasteiger partial charge in [-0.15, -0.1) is 11.8 Å². The minimum atomic E-state index is 0.132. The Morgan fingerprint density at radius 2 is 1.42 bits per heavy atom. The molecule has 31 heavy (non-hydrogen) atoms. The predicted molar refractivity (Wildman–Crippen MR) is 135 cm³/mol. The third-order valence-corrected chi connectivity index (χ3v) is 6.82. The van der Waals surface area contributed by atoms with Crippen molar-refractivity contribution in [3.8, 4) is 5.75 Å². The van der Waals surface area contributed by atoms with Gasteiger partial charge in [0.1, 0.15) is 5.75 Å². The summed E-state index contributed by atoms with van der Waals surface area (Å²) < 4.78 is 5.96. The first kappa shape index (κ1) is 25.7. The summed E-state index contributed by atoms with van der Waals surface area (Å²) in [6.07, 6.45) is 7.28. The molecular weight excluding hydrogens is 472 g/mol. The molecule has 2 aromatic carbocycles. The van der Waals surface area contributed by atoms with Crippen LogP contribution in [0.25, 0.3) is 0 Å². The van der Waals surface area contributed by atoms with Gasteiger partial charge in [0, 0.05) is 16.0 Å². The smallest absolute Gasteiger partial charge is 0.173 e. The monoisotopic (exact) mass is 504 g/mol. The summed E-state index contributed by atoms with van der Waals surface area (Å²) in [5.41, 5.74) is 5.87. The van der Waals surface area contributed by atoms with Crippen molar-refractivity contribution >= 4 is 39.3 Å². The summed E-state index contributed by atoms with van der Waals surface area (Å²) in [6.45, 7) is 9.55. The maximum absolute atomic E-state index is 11.6. The van der Waals surface area contributed by atoms with Crippen LogP contribution in [-0.2, 0) is 0 Å². The van der Waals surface area contributed by atoms with E-state index in [0.29, 0.717) is 11.4 Å². The van der Waals surface area contributed by atoms with Crippen molar-refractivity contribution in [2.45, 2.75) is 71.3 Å². The Labute approximate surface area is 199 Å². The van der Waals surface area contributed by atoms with Gasteiger partial charge in [0.2, 0.25) is 0 Å². The molecule has 3 nitrogen and oxygen atoms in total. The number of aryl methyl sites for hydroxylation is 4. The molecule has 5 heteroatoms. The molecule has 0 atom stereocenters. The van der Waals surface area contributed by atoms with Crippen LogP contribution in [0.3, 0.4) is 0 Å². The second kappa shape index (κ2) is 11.9. The highest BCUT2D eigenvalue weighted by atomic mass is 79.9. The first-order valence-corrected chi connectivity index (χ1v) is 13.1. The van der Waals surface area contributed by atoms with E-state index < -0.39 is 0 Å². The van der Waals surface area contributed by atoms with E-state index in [1.165, 1.54) is 17.7 Å². The van der Waals surface area contributed by atoms with Crippen molar-refractivity contribution in [3.63, 3.8) is 0 Å². The SMILES string of the molecule is CC(=O)c1c(C)cc(OC2CCCC2)cc1C.CSc1cc(C)c(C(=O)CBr)c(C)c1. The zero-order valence-electron chi connectivity index (χ0n) is 19.4. The number of rotatable bonds is 6. The average Bonchev–Trinajstić information content (AvgIpc) is 3.19. The van der Waals surface area contributed by atoms with Gasteiger partial charge in [-0.25, -0.2) is 0 Å². The van der Waals surface area contributed by atoms with Gasteiger partial charge in [-0.05, 0) is 113 Å². The van der Waals surface area contributed by atoms with E-state index >= 15 is 0 Å². The largest absolute Gasteiger partial charge is 0.490 e. The van der Waals surface area contributed by atoms with Crippen LogP contribution in [0.15, 0.2) is 29.2 Å². The minimum absolute atomic E-state index is 0.132. The number of carbonyl (C=O) groups is 2. The van der Waals surface area contributed by atoms with Crippen molar-refractivity contribution in [2.75, 3.05) is 11.6 Å². The van der Waals surface area contributed by atoms with Crippen LogP contribution in [0.2, 0.25) is 0 Å². The van der Waals surface area contributed by atoms with Crippen LogP contribution in [0.5, 0.6) is 5.75 Å². The molecule has 0 radical (unpaired) electrons. The van der Waals surface area contributed by atoms with E-state index in [-0.39, 0.29) is 11.6 Å². The number of hydrogen-bond acceptors (Lipinski definition) is 4. The van der Waals surface area contributed by atoms with Crippen molar-refractivity contribution in [1.82, 2.24) is 0 Å². The van der Waals surface area contributed by atoms with E-state index in [9.17, 15) is 9.59 Å². The van der Waals surface area contributed by atoms with Crippen molar-refractivity contribution in [1.29, 1.82) is 0 Å². The second-order valence-electron chi connectivity index (χ2n) is 8.21. The maximum atomic E-state index is 11.6. The number of halogens is 1. The fraction of sp³-hybridized carbons (Fsp3) is 0.462. The fourth-order valence-electron chi connectivity index (χ4n) is 4.29. The molecular formula is C26H33BrO3S. The maximum Gasteiger partial charge on any atom is 0.173 e. The van der Waals surface area contributed by atoms with Crippen molar-refractivity contribution in [3.05, 3.63) is 57.6 Å². The number of Topliss-reactive ketones (excluding diaryl/α,β-unsaturated/α-hetero) is 2. The molecule has 1 fully saturated rings. The summed E-state index contributed by atoms with van der Waals surface area (Å²) in [5, 5.41) is 0.396. The molecule has 0 unspecified atom stereocenters. The molecule has 1 aliphatic carbocycles. The number of alkyl halides is 1. The summed E-state index contributed by atoms with van der Waals surface area (Å²) in [5.74, 6) is 1.21. The Morgan fingerprint density at radius 1 is 0.935 bits per heavy atom. The number of carbonyl (C=O) groups excluding carboxylic acids is 2. The normalized spacial score (nSPS) is 13.5. The molecule has 0 bridgehead atoms. The van der Waals surface area contributed by atoms with Gasteiger partial charge in [0.25, 0.3) is 0 Å². The van der Waals surface area contributed by atoms with Gasteiger partial charge in [0.15, 0.2) is 11.6 Å². The van der Waals surface area contributed by atoms with Crippen LogP contribution in [-0.4, -0.2) is 29.3 Å². The number of ether oxygens (including phenoxy) is 1. The topological polar surface area (TPSA) is 43.4 Å². The van der Waals surface area contributed by atoms with E-state index in [1.54, 1.807) is 18.7 Å². The quantitative estimate of drug-likeness (QED) is 0.233. The molecule has 2 aromatic rings. The molecule has 0 spiro atoms. The molecule has 0 heterocycles. The highest BCUT2D eigenvalue weighted by Gasteiger charge is 2.18. The summed E-state index contributed by atoms with van der Waals surface area (Å²) in [6, 6.07) is 8.10. The van der Waals surface area contributed by atoms with Gasteiger partial charge >= 0.3 is 0 Å². The first-order valence-electron chi connectivity index (χ1n) is 10.7. The van der Waals surface area contributed by atoms with E-state index in [0.717, 1.165) is 52.0 Å². The first-order chi connectivity index (χ1) is 14.7. The minimum Gasteiger partial charge on any atom is -0.490 e. The number of thioether (sulfide) groups is 1. The molecule has 3 rings (SSSR count). The summed E-state index contributed by atoms with van der Waals surface area (Å²) >= 11 is 4.90. The Balaban J connectivity index is 0.000000225. The van der Waals surface area contributed by atoms with E-state index in [2.05, 4.69) is 28.1 Å². The van der Waals surface area contributed by atoms with Gasteiger partial charge in [-0.3, -0.25) is 9.59 Å². The summed E-state index contributed by atoms with van der Waals surface area (Å²) in [7, 11) is 0. The van der Waals surface area contributed by atoms with Crippen molar-refractivity contribution < 1.29 is 14.3 Å². The van der Waals surface area contributed by atoms with Gasteiger partial charge in [0.05, 0.1) is 11.4 Å². The Kier molecular flexibility index (Phi) is 9.83. The lowest BCUT2D eigenvalue weighted by Crippen LogP contribution is -2.11. The van der Waals surface area contributed by atoms with Gasteiger partial charge in [-0.2, -0.15) is 0 Å². The number of benzene rings is 2. The summed E-state index contributed by atoms with van der Waals surface area (Å²) in [4.78, 5) is 24.3. The zero-order valence-corrected chi connectivity index (χ0v) is 21.8. The molecule has 1 saturated carbocycles. The highest BCUT2D eigenvalue weighted by molar-refractivity contribution is 9.09.